The molecule has 0 saturated carbocycles. The fourth-order valence-corrected chi connectivity index (χ4v) is 0. The minimum absolute atomic E-state index is 0. The van der Waals surface area contributed by atoms with Crippen LogP contribution in [0.15, 0.2) is 0 Å². The van der Waals surface area contributed by atoms with Crippen molar-refractivity contribution in [3.8, 4) is 0 Å². The van der Waals surface area contributed by atoms with Gasteiger partial charge in [-0.25, -0.2) is 4.20 Å². The van der Waals surface area contributed by atoms with Crippen LogP contribution in [0.4, 0.5) is 4.20 Å². The second-order valence-electron chi connectivity index (χ2n) is 0.431. The Morgan fingerprint density at radius 3 is 1.50 bits per heavy atom. The molecule has 0 atom stereocenters. The van der Waals surface area contributed by atoms with Crippen molar-refractivity contribution < 1.29 is 18.5 Å². The molecule has 0 aromatic carbocycles. The van der Waals surface area contributed by atoms with Gasteiger partial charge in [-0.05, 0) is 0 Å². The van der Waals surface area contributed by atoms with Crippen molar-refractivity contribution >= 4 is 31.8 Å². The topological polar surface area (TPSA) is 63.2 Å². The van der Waals surface area contributed by atoms with Gasteiger partial charge in [-0.1, -0.05) is 0 Å². The molecule has 0 aromatic heterocycles. The summed E-state index contributed by atoms with van der Waals surface area (Å²) >= 11 is 0. The van der Waals surface area contributed by atoms with Crippen molar-refractivity contribution in [3.05, 3.63) is 0 Å². The maximum absolute atomic E-state index is 10.1. The molecular weight excluding hydrogens is 217 g/mol. The van der Waals surface area contributed by atoms with Crippen molar-refractivity contribution in [2.75, 3.05) is 0 Å². The zero-order valence-corrected chi connectivity index (χ0v) is 6.30. The molecule has 2 radical (unpaired) electrons. The van der Waals surface area contributed by atoms with Crippen LogP contribution in [0, 0.1) is 0 Å². The molecule has 0 rings (SSSR count). The average Bonchev–Trinajstić information content (AvgIpc) is 0.722. The van der Waals surface area contributed by atoms with Crippen molar-refractivity contribution in [1.82, 2.24) is 0 Å². The third-order valence-corrected chi connectivity index (χ3v) is 0. The molecule has 34 valence electrons. The summed E-state index contributed by atoms with van der Waals surface area (Å²) in [5, 5.41) is 0. The quantitative estimate of drug-likeness (QED) is 0.362. The van der Waals surface area contributed by atoms with E-state index in [-0.39, 0.29) is 23.9 Å². The van der Waals surface area contributed by atoms with E-state index in [9.17, 15) is 4.20 Å². The van der Waals surface area contributed by atoms with Gasteiger partial charge in [0.25, 0.3) is 0 Å². The summed E-state index contributed by atoms with van der Waals surface area (Å²) in [5.74, 6) is 0. The molecule has 0 N–H and O–H groups in total. The van der Waals surface area contributed by atoms with E-state index in [0.717, 1.165) is 0 Å². The second-order valence-corrected chi connectivity index (χ2v) is 1.29. The monoisotopic (exact) mass is 218 g/mol. The van der Waals surface area contributed by atoms with Gasteiger partial charge in [-0.15, -0.1) is 0 Å². The molecule has 6 heteroatoms. The Labute approximate surface area is 50.8 Å². The minimum Gasteiger partial charge on any atom is -0.786 e. The maximum atomic E-state index is 10.1. The fourth-order valence-electron chi connectivity index (χ4n) is 0. The van der Waals surface area contributed by atoms with Gasteiger partial charge in [-0.3, -0.25) is 0 Å². The Kier molecular flexibility index (Phi) is 4.92. The number of rotatable bonds is 0. The molecule has 0 spiro atoms. The van der Waals surface area contributed by atoms with Crippen LogP contribution in [0.1, 0.15) is 0 Å². The van der Waals surface area contributed by atoms with Gasteiger partial charge in [0.05, 0.1) is 0 Å². The number of hydrogen-bond acceptors (Lipinski definition) is 3. The van der Waals surface area contributed by atoms with E-state index in [2.05, 4.69) is 0 Å². The Bertz CT molecular complexity index is 56.9. The van der Waals surface area contributed by atoms with Gasteiger partial charge in [0.2, 0.25) is 0 Å². The molecule has 0 aliphatic carbocycles. The zero-order valence-electron chi connectivity index (χ0n) is 2.55. The van der Waals surface area contributed by atoms with Gasteiger partial charge in [0.15, 0.2) is 0 Å². The number of halogens is 1. The van der Waals surface area contributed by atoms with E-state index in [1.807, 2.05) is 0 Å². The van der Waals surface area contributed by atoms with Crippen LogP contribution in [0.25, 0.3) is 0 Å². The largest absolute Gasteiger partial charge is 2.00 e. The normalized spacial score (nSPS) is 9.83. The van der Waals surface area contributed by atoms with Crippen LogP contribution < -0.4 is 9.79 Å². The molecule has 0 aliphatic rings. The van der Waals surface area contributed by atoms with Gasteiger partial charge < -0.3 is 14.4 Å². The molecule has 0 aliphatic heterocycles. The summed E-state index contributed by atoms with van der Waals surface area (Å²) in [7, 11) is -5.64. The van der Waals surface area contributed by atoms with Crippen LogP contribution in [0.2, 0.25) is 0 Å². The molecule has 0 fully saturated rings. The minimum atomic E-state index is -5.64. The first-order chi connectivity index (χ1) is 2.00. The van der Waals surface area contributed by atoms with Crippen molar-refractivity contribution in [2.45, 2.75) is 0 Å². The standard InChI is InChI=1S/FH2O3P.Sn/c1-5(2,3)4;/h(H2,2,3,4);/q;+2/p-2. The Morgan fingerprint density at radius 2 is 1.50 bits per heavy atom. The number of hydrogen-bond donors (Lipinski definition) is 0. The van der Waals surface area contributed by atoms with Crippen molar-refractivity contribution in [1.29, 1.82) is 0 Å². The predicted molar refractivity (Wildman–Crippen MR) is 14.5 cm³/mol. The molecule has 0 heterocycles. The summed E-state index contributed by atoms with van der Waals surface area (Å²) < 4.78 is 18.6. The van der Waals surface area contributed by atoms with Gasteiger partial charge in [-0.2, -0.15) is 0 Å². The Balaban J connectivity index is 0. The van der Waals surface area contributed by atoms with E-state index in [4.69, 9.17) is 14.4 Å². The van der Waals surface area contributed by atoms with Gasteiger partial charge >= 0.3 is 23.9 Å². The smallest absolute Gasteiger partial charge is 0.786 e. The molecule has 0 unspecified atom stereocenters. The van der Waals surface area contributed by atoms with Crippen LogP contribution in [-0.2, 0) is 4.57 Å². The zero-order chi connectivity index (χ0) is 4.50. The molecule has 6 heavy (non-hydrogen) atoms. The van der Waals surface area contributed by atoms with Gasteiger partial charge in [0, 0.05) is 0 Å². The van der Waals surface area contributed by atoms with E-state index >= 15 is 0 Å². The maximum Gasteiger partial charge on any atom is 2.00 e. The van der Waals surface area contributed by atoms with Crippen LogP contribution in [0.3, 0.4) is 0 Å². The predicted octanol–water partition coefficient (Wildman–Crippen LogP) is -1.60. The molecule has 0 bridgehead atoms. The van der Waals surface area contributed by atoms with Crippen LogP contribution in [-0.4, -0.2) is 23.9 Å². The van der Waals surface area contributed by atoms with Crippen LogP contribution in [0.5, 0.6) is 0 Å². The third-order valence-electron chi connectivity index (χ3n) is 0. The van der Waals surface area contributed by atoms with E-state index in [1.54, 1.807) is 0 Å². The van der Waals surface area contributed by atoms with Crippen molar-refractivity contribution in [2.24, 2.45) is 0 Å². The summed E-state index contributed by atoms with van der Waals surface area (Å²) in [6.45, 7) is 0. The van der Waals surface area contributed by atoms with Gasteiger partial charge in [0.1, 0.15) is 7.91 Å². The molecule has 0 saturated heterocycles. The first-order valence-electron chi connectivity index (χ1n) is 0.717. The Morgan fingerprint density at radius 1 is 1.50 bits per heavy atom. The summed E-state index contributed by atoms with van der Waals surface area (Å²) in [6.07, 6.45) is 0. The molecule has 0 aromatic rings. The first-order valence-corrected chi connectivity index (χ1v) is 2.15. The van der Waals surface area contributed by atoms with E-state index < -0.39 is 7.91 Å². The SMILES string of the molecule is O=P([O-])([O-])F.[Sn+2]. The average molecular weight is 217 g/mol. The Hall–Kier alpha value is 0.879. The fraction of sp³-hybridized carbons (Fsp3) is 0. The molecule has 0 amide bonds. The van der Waals surface area contributed by atoms with E-state index in [1.165, 1.54) is 0 Å². The summed E-state index contributed by atoms with van der Waals surface area (Å²) in [4.78, 5) is 16.9. The summed E-state index contributed by atoms with van der Waals surface area (Å²) in [6, 6.07) is 0. The molecule has 3 nitrogen and oxygen atoms in total. The second kappa shape index (κ2) is 2.96. The van der Waals surface area contributed by atoms with Crippen LogP contribution >= 0.6 is 7.91 Å². The van der Waals surface area contributed by atoms with E-state index in [0.29, 0.717) is 0 Å². The van der Waals surface area contributed by atoms with Crippen molar-refractivity contribution in [3.63, 3.8) is 0 Å². The third kappa shape index (κ3) is 95.1. The first kappa shape index (κ1) is 9.99. The summed E-state index contributed by atoms with van der Waals surface area (Å²) in [5.41, 5.74) is 0. The molecular formula is FO3PSn.